The van der Waals surface area contributed by atoms with Crippen molar-refractivity contribution < 1.29 is 23.8 Å². The number of rotatable bonds is 4. The van der Waals surface area contributed by atoms with Crippen LogP contribution in [0.25, 0.3) is 0 Å². The second kappa shape index (κ2) is 5.47. The number of hydrogen-bond donors (Lipinski definition) is 1. The molecule has 0 bridgehead atoms. The minimum atomic E-state index is -1.15. The third-order valence-electron chi connectivity index (χ3n) is 2.53. The monoisotopic (exact) mass is 279 g/mol. The number of halogens is 1. The van der Waals surface area contributed by atoms with E-state index in [0.717, 1.165) is 6.07 Å². The number of aromatic carboxylic acids is 1. The van der Waals surface area contributed by atoms with Crippen molar-refractivity contribution in [1.82, 2.24) is 14.8 Å². The number of methoxy groups -OCH3 is 1. The lowest BCUT2D eigenvalue weighted by Crippen LogP contribution is -2.08. The molecule has 0 amide bonds. The first-order valence-corrected chi connectivity index (χ1v) is 5.50. The van der Waals surface area contributed by atoms with Crippen molar-refractivity contribution >= 4 is 11.9 Å². The Bertz CT molecular complexity index is 668. The van der Waals surface area contributed by atoms with Crippen LogP contribution in [-0.4, -0.2) is 38.9 Å². The van der Waals surface area contributed by atoms with Gasteiger partial charge < -0.3 is 9.84 Å². The molecule has 0 unspecified atom stereocenters. The summed E-state index contributed by atoms with van der Waals surface area (Å²) in [6.45, 7) is -0.0447. The van der Waals surface area contributed by atoms with Crippen LogP contribution in [0.2, 0.25) is 0 Å². The van der Waals surface area contributed by atoms with Gasteiger partial charge in [-0.15, -0.1) is 5.10 Å². The van der Waals surface area contributed by atoms with Crippen molar-refractivity contribution in [2.24, 2.45) is 0 Å². The van der Waals surface area contributed by atoms with Crippen molar-refractivity contribution in [3.05, 3.63) is 47.3 Å². The fraction of sp³-hybridized carbons (Fsp3) is 0.167. The van der Waals surface area contributed by atoms with Crippen molar-refractivity contribution in [2.45, 2.75) is 6.54 Å². The lowest BCUT2D eigenvalue weighted by Gasteiger charge is -2.04. The lowest BCUT2D eigenvalue weighted by molar-refractivity contribution is 0.0585. The van der Waals surface area contributed by atoms with Crippen molar-refractivity contribution in [2.75, 3.05) is 7.11 Å². The molecule has 1 aromatic heterocycles. The number of aromatic nitrogens is 3. The molecule has 2 rings (SSSR count). The van der Waals surface area contributed by atoms with Crippen LogP contribution in [0.4, 0.5) is 4.39 Å². The van der Waals surface area contributed by atoms with E-state index in [1.807, 2.05) is 0 Å². The van der Waals surface area contributed by atoms with Crippen LogP contribution in [0, 0.1) is 5.82 Å². The molecule has 0 radical (unpaired) electrons. The molecule has 0 spiro atoms. The predicted octanol–water partition coefficient (Wildman–Crippen LogP) is 0.950. The number of ether oxygens (including phenoxy) is 1. The van der Waals surface area contributed by atoms with E-state index in [4.69, 9.17) is 5.11 Å². The molecular weight excluding hydrogens is 269 g/mol. The average Bonchev–Trinajstić information content (AvgIpc) is 2.88. The van der Waals surface area contributed by atoms with Gasteiger partial charge >= 0.3 is 11.9 Å². The molecule has 0 atom stereocenters. The quantitative estimate of drug-likeness (QED) is 0.837. The highest BCUT2D eigenvalue weighted by Gasteiger charge is 2.13. The molecule has 1 heterocycles. The number of hydrogen-bond acceptors (Lipinski definition) is 5. The van der Waals surface area contributed by atoms with Gasteiger partial charge in [0.25, 0.3) is 5.82 Å². The summed E-state index contributed by atoms with van der Waals surface area (Å²) in [7, 11) is 1.19. The molecule has 2 aromatic rings. The molecule has 1 N–H and O–H groups in total. The van der Waals surface area contributed by atoms with E-state index in [0.29, 0.717) is 0 Å². The van der Waals surface area contributed by atoms with Gasteiger partial charge in [0.1, 0.15) is 12.1 Å². The zero-order chi connectivity index (χ0) is 14.7. The summed E-state index contributed by atoms with van der Waals surface area (Å²) < 4.78 is 19.3. The number of carbonyl (C=O) groups is 2. The first-order valence-electron chi connectivity index (χ1n) is 5.50. The summed E-state index contributed by atoms with van der Waals surface area (Å²) in [6.07, 6.45) is 1.24. The maximum absolute atomic E-state index is 13.6. The van der Waals surface area contributed by atoms with Gasteiger partial charge in [-0.05, 0) is 18.2 Å². The van der Waals surface area contributed by atoms with Crippen LogP contribution in [0.15, 0.2) is 24.5 Å². The standard InChI is InChI=1S/C12H10FN3O4/c1-20-12(19)10-14-6-16(15-10)5-8-4-7(11(17)18)2-3-9(8)13/h2-4,6H,5H2,1H3,(H,17,18). The van der Waals surface area contributed by atoms with Crippen LogP contribution in [0.5, 0.6) is 0 Å². The fourth-order valence-electron chi connectivity index (χ4n) is 1.56. The van der Waals surface area contributed by atoms with Gasteiger partial charge in [-0.25, -0.2) is 23.6 Å². The van der Waals surface area contributed by atoms with E-state index in [1.54, 1.807) is 0 Å². The molecular formula is C12H10FN3O4. The van der Waals surface area contributed by atoms with Gasteiger partial charge in [0.2, 0.25) is 0 Å². The van der Waals surface area contributed by atoms with Gasteiger partial charge in [0.05, 0.1) is 19.2 Å². The van der Waals surface area contributed by atoms with E-state index < -0.39 is 17.8 Å². The molecule has 0 aliphatic carbocycles. The predicted molar refractivity (Wildman–Crippen MR) is 63.8 cm³/mol. The van der Waals surface area contributed by atoms with Crippen molar-refractivity contribution in [3.8, 4) is 0 Å². The van der Waals surface area contributed by atoms with E-state index in [1.165, 1.54) is 30.3 Å². The van der Waals surface area contributed by atoms with Gasteiger partial charge in [0.15, 0.2) is 0 Å². The van der Waals surface area contributed by atoms with Gasteiger partial charge in [-0.3, -0.25) is 0 Å². The molecule has 20 heavy (non-hydrogen) atoms. The maximum atomic E-state index is 13.6. The Morgan fingerprint density at radius 1 is 1.45 bits per heavy atom. The fourth-order valence-corrected chi connectivity index (χ4v) is 1.56. The third kappa shape index (κ3) is 2.79. The molecule has 0 aliphatic heterocycles. The molecule has 0 saturated heterocycles. The number of carbonyl (C=O) groups excluding carboxylic acids is 1. The molecule has 104 valence electrons. The summed E-state index contributed by atoms with van der Waals surface area (Å²) in [6, 6.07) is 3.44. The third-order valence-corrected chi connectivity index (χ3v) is 2.53. The second-order valence-electron chi connectivity index (χ2n) is 3.87. The Labute approximate surface area is 112 Å². The average molecular weight is 279 g/mol. The summed E-state index contributed by atoms with van der Waals surface area (Å²) in [4.78, 5) is 25.7. The van der Waals surface area contributed by atoms with E-state index >= 15 is 0 Å². The molecule has 8 heteroatoms. The smallest absolute Gasteiger partial charge is 0.377 e. The Morgan fingerprint density at radius 2 is 2.20 bits per heavy atom. The van der Waals surface area contributed by atoms with E-state index in [2.05, 4.69) is 14.8 Å². The minimum absolute atomic E-state index is 0.0327. The number of benzene rings is 1. The lowest BCUT2D eigenvalue weighted by atomic mass is 10.1. The molecule has 1 aromatic carbocycles. The Morgan fingerprint density at radius 3 is 2.85 bits per heavy atom. The van der Waals surface area contributed by atoms with Crippen LogP contribution in [0.1, 0.15) is 26.5 Å². The van der Waals surface area contributed by atoms with Crippen LogP contribution in [-0.2, 0) is 11.3 Å². The number of carboxylic acids is 1. The second-order valence-corrected chi connectivity index (χ2v) is 3.87. The van der Waals surface area contributed by atoms with Crippen molar-refractivity contribution in [1.29, 1.82) is 0 Å². The van der Waals surface area contributed by atoms with Crippen LogP contribution < -0.4 is 0 Å². The van der Waals surface area contributed by atoms with E-state index in [9.17, 15) is 14.0 Å². The highest BCUT2D eigenvalue weighted by Crippen LogP contribution is 2.12. The zero-order valence-corrected chi connectivity index (χ0v) is 10.4. The first-order chi connectivity index (χ1) is 9.51. The van der Waals surface area contributed by atoms with E-state index in [-0.39, 0.29) is 23.5 Å². The number of carboxylic acid groups (broad SMARTS) is 1. The van der Waals surface area contributed by atoms with Crippen molar-refractivity contribution in [3.63, 3.8) is 0 Å². The summed E-state index contributed by atoms with van der Waals surface area (Å²) in [5, 5.41) is 12.7. The minimum Gasteiger partial charge on any atom is -0.478 e. The highest BCUT2D eigenvalue weighted by molar-refractivity contribution is 5.87. The SMILES string of the molecule is COC(=O)c1ncn(Cc2cc(C(=O)O)ccc2F)n1. The summed E-state index contributed by atoms with van der Waals surface area (Å²) >= 11 is 0. The Balaban J connectivity index is 2.25. The highest BCUT2D eigenvalue weighted by atomic mass is 19.1. The molecule has 0 fully saturated rings. The molecule has 7 nitrogen and oxygen atoms in total. The Kier molecular flexibility index (Phi) is 3.74. The van der Waals surface area contributed by atoms with Gasteiger partial charge in [-0.2, -0.15) is 0 Å². The van der Waals surface area contributed by atoms with Gasteiger partial charge in [-0.1, -0.05) is 0 Å². The first kappa shape index (κ1) is 13.7. The zero-order valence-electron chi connectivity index (χ0n) is 10.4. The summed E-state index contributed by atoms with van der Waals surface area (Å²) in [5.41, 5.74) is 0.0981. The maximum Gasteiger partial charge on any atom is 0.377 e. The molecule has 0 aliphatic rings. The summed E-state index contributed by atoms with van der Waals surface area (Å²) in [5.74, 6) is -2.57. The molecule has 0 saturated carbocycles. The van der Waals surface area contributed by atoms with Crippen LogP contribution in [0.3, 0.4) is 0 Å². The normalized spacial score (nSPS) is 10.3. The van der Waals surface area contributed by atoms with Gasteiger partial charge in [0, 0.05) is 5.56 Å². The van der Waals surface area contributed by atoms with Crippen LogP contribution >= 0.6 is 0 Å². The number of esters is 1. The largest absolute Gasteiger partial charge is 0.478 e. The number of nitrogens with zero attached hydrogens (tertiary/aromatic N) is 3. The Hall–Kier alpha value is -2.77. The topological polar surface area (TPSA) is 94.3 Å².